The van der Waals surface area contributed by atoms with Crippen LogP contribution in [0, 0.1) is 0 Å². The highest BCUT2D eigenvalue weighted by Gasteiger charge is 2.06. The summed E-state index contributed by atoms with van der Waals surface area (Å²) in [5.74, 6) is -0.0552. The monoisotopic (exact) mass is 396 g/mol. The zero-order chi connectivity index (χ0) is 20.8. The van der Waals surface area contributed by atoms with E-state index >= 15 is 0 Å². The normalized spacial score (nSPS) is 10.8. The van der Waals surface area contributed by atoms with Crippen LogP contribution in [0.3, 0.4) is 0 Å². The van der Waals surface area contributed by atoms with Crippen molar-refractivity contribution in [2.75, 3.05) is 10.6 Å². The molecule has 0 unspecified atom stereocenters. The molecule has 4 rings (SSSR count). The van der Waals surface area contributed by atoms with Crippen molar-refractivity contribution in [1.29, 1.82) is 0 Å². The first-order valence-corrected chi connectivity index (χ1v) is 10.2. The third-order valence-electron chi connectivity index (χ3n) is 5.12. The molecule has 0 aliphatic carbocycles. The Morgan fingerprint density at radius 1 is 0.533 bits per heavy atom. The third kappa shape index (κ3) is 5.03. The van der Waals surface area contributed by atoms with Gasteiger partial charge in [0, 0.05) is 24.2 Å². The molecule has 2 N–H and O–H groups in total. The van der Waals surface area contributed by atoms with Gasteiger partial charge in [0.15, 0.2) is 0 Å². The number of benzene rings is 4. The summed E-state index contributed by atoms with van der Waals surface area (Å²) >= 11 is 0. The predicted molar refractivity (Wildman–Crippen MR) is 124 cm³/mol. The second kappa shape index (κ2) is 9.23. The molecule has 0 bridgehead atoms. The van der Waals surface area contributed by atoms with Crippen LogP contribution in [0.5, 0.6) is 0 Å². The van der Waals surface area contributed by atoms with Gasteiger partial charge in [-0.05, 0) is 58.7 Å². The molecule has 150 valence electrons. The van der Waals surface area contributed by atoms with Crippen LogP contribution in [0.15, 0.2) is 84.9 Å². The minimum atomic E-state index is -0.0276. The molecule has 2 amide bonds. The van der Waals surface area contributed by atoms with Gasteiger partial charge >= 0.3 is 0 Å². The van der Waals surface area contributed by atoms with Crippen LogP contribution in [0.25, 0.3) is 21.5 Å². The average molecular weight is 396 g/mol. The number of unbranched alkanes of at least 4 members (excludes halogenated alkanes) is 1. The molecule has 0 fully saturated rings. The molecule has 0 saturated heterocycles. The molecule has 0 aromatic heterocycles. The summed E-state index contributed by atoms with van der Waals surface area (Å²) in [5, 5.41) is 10.4. The number of anilines is 2. The highest BCUT2D eigenvalue weighted by Crippen LogP contribution is 2.20. The molecule has 0 heterocycles. The summed E-state index contributed by atoms with van der Waals surface area (Å²) in [6, 6.07) is 27.9. The van der Waals surface area contributed by atoms with Crippen molar-refractivity contribution in [1.82, 2.24) is 0 Å². The van der Waals surface area contributed by atoms with Crippen molar-refractivity contribution in [3.8, 4) is 0 Å². The molecule has 4 nitrogen and oxygen atoms in total. The minimum absolute atomic E-state index is 0.0276. The van der Waals surface area contributed by atoms with E-state index in [2.05, 4.69) is 10.6 Å². The molecule has 0 aliphatic heterocycles. The van der Waals surface area contributed by atoms with Crippen LogP contribution in [-0.4, -0.2) is 11.8 Å². The van der Waals surface area contributed by atoms with Crippen LogP contribution in [0.4, 0.5) is 11.4 Å². The molecule has 0 radical (unpaired) electrons. The highest BCUT2D eigenvalue weighted by atomic mass is 16.2. The second-order valence-electron chi connectivity index (χ2n) is 7.43. The summed E-state index contributed by atoms with van der Waals surface area (Å²) in [5.41, 5.74) is 1.60. The maximum atomic E-state index is 12.2. The van der Waals surface area contributed by atoms with Crippen LogP contribution in [0.1, 0.15) is 25.7 Å². The summed E-state index contributed by atoms with van der Waals surface area (Å²) in [6.07, 6.45) is 2.14. The molecule has 4 heteroatoms. The Labute approximate surface area is 175 Å². The molecule has 30 heavy (non-hydrogen) atoms. The summed E-state index contributed by atoms with van der Waals surface area (Å²) in [7, 11) is 0. The summed E-state index contributed by atoms with van der Waals surface area (Å²) in [4.78, 5) is 24.4. The van der Waals surface area contributed by atoms with Gasteiger partial charge in [-0.15, -0.1) is 0 Å². The zero-order valence-electron chi connectivity index (χ0n) is 16.7. The summed E-state index contributed by atoms with van der Waals surface area (Å²) < 4.78 is 0. The number of carbonyl (C=O) groups excluding carboxylic acids is 2. The Balaban J connectivity index is 1.20. The number of amides is 2. The van der Waals surface area contributed by atoms with Gasteiger partial charge in [-0.3, -0.25) is 9.59 Å². The van der Waals surface area contributed by atoms with Crippen molar-refractivity contribution >= 4 is 44.7 Å². The number of rotatable bonds is 7. The van der Waals surface area contributed by atoms with Gasteiger partial charge in [-0.1, -0.05) is 60.7 Å². The Morgan fingerprint density at radius 2 is 0.933 bits per heavy atom. The Hall–Kier alpha value is -3.66. The first-order valence-electron chi connectivity index (χ1n) is 10.2. The van der Waals surface area contributed by atoms with E-state index in [1.165, 1.54) is 0 Å². The van der Waals surface area contributed by atoms with E-state index in [4.69, 9.17) is 0 Å². The van der Waals surface area contributed by atoms with Gasteiger partial charge < -0.3 is 10.6 Å². The van der Waals surface area contributed by atoms with E-state index in [-0.39, 0.29) is 11.8 Å². The van der Waals surface area contributed by atoms with Gasteiger partial charge in [-0.2, -0.15) is 0 Å². The Kier molecular flexibility index (Phi) is 6.04. The van der Waals surface area contributed by atoms with Gasteiger partial charge in [-0.25, -0.2) is 0 Å². The van der Waals surface area contributed by atoms with E-state index in [1.807, 2.05) is 84.9 Å². The number of hydrogen-bond acceptors (Lipinski definition) is 2. The van der Waals surface area contributed by atoms with Crippen molar-refractivity contribution in [2.24, 2.45) is 0 Å². The summed E-state index contributed by atoms with van der Waals surface area (Å²) in [6.45, 7) is 0. The topological polar surface area (TPSA) is 58.2 Å². The SMILES string of the molecule is O=C(CCCCC(=O)Nc1ccc2ccccc2c1)Nc1ccc2ccccc2c1. The van der Waals surface area contributed by atoms with E-state index in [1.54, 1.807) is 0 Å². The van der Waals surface area contributed by atoms with E-state index in [9.17, 15) is 9.59 Å². The fourth-order valence-electron chi connectivity index (χ4n) is 3.55. The molecule has 0 saturated carbocycles. The maximum Gasteiger partial charge on any atom is 0.224 e. The second-order valence-corrected chi connectivity index (χ2v) is 7.43. The van der Waals surface area contributed by atoms with E-state index < -0.39 is 0 Å². The quantitative estimate of drug-likeness (QED) is 0.369. The molecular weight excluding hydrogens is 372 g/mol. The minimum Gasteiger partial charge on any atom is -0.326 e. The highest BCUT2D eigenvalue weighted by molar-refractivity contribution is 5.95. The molecule has 0 aliphatic rings. The zero-order valence-corrected chi connectivity index (χ0v) is 16.7. The lowest BCUT2D eigenvalue weighted by molar-refractivity contribution is -0.118. The standard InChI is InChI=1S/C26H24N2O2/c29-25(27-23-15-13-19-7-1-3-9-21(19)17-23)11-5-6-12-26(30)28-24-16-14-20-8-2-4-10-22(20)18-24/h1-4,7-10,13-18H,5-6,11-12H2,(H,27,29)(H,28,30). The predicted octanol–water partition coefficient (Wildman–Crippen LogP) is 6.13. The smallest absolute Gasteiger partial charge is 0.224 e. The molecule has 0 spiro atoms. The Morgan fingerprint density at radius 3 is 1.37 bits per heavy atom. The van der Waals surface area contributed by atoms with Crippen LogP contribution < -0.4 is 10.6 Å². The largest absolute Gasteiger partial charge is 0.326 e. The Bertz CT molecular complexity index is 1100. The van der Waals surface area contributed by atoms with Gasteiger partial charge in [0.1, 0.15) is 0 Å². The van der Waals surface area contributed by atoms with Crippen molar-refractivity contribution in [3.05, 3.63) is 84.9 Å². The fraction of sp³-hybridized carbons (Fsp3) is 0.154. The first kappa shape index (κ1) is 19.6. The lowest BCUT2D eigenvalue weighted by atomic mass is 10.1. The van der Waals surface area contributed by atoms with Gasteiger partial charge in [0.25, 0.3) is 0 Å². The maximum absolute atomic E-state index is 12.2. The first-order chi connectivity index (χ1) is 14.7. The lowest BCUT2D eigenvalue weighted by Crippen LogP contribution is -2.13. The van der Waals surface area contributed by atoms with Crippen LogP contribution in [0.2, 0.25) is 0 Å². The lowest BCUT2D eigenvalue weighted by Gasteiger charge is -2.08. The molecule has 0 atom stereocenters. The van der Waals surface area contributed by atoms with E-state index in [0.29, 0.717) is 25.7 Å². The fourth-order valence-corrected chi connectivity index (χ4v) is 3.55. The molecule has 4 aromatic rings. The number of hydrogen-bond donors (Lipinski definition) is 2. The third-order valence-corrected chi connectivity index (χ3v) is 5.12. The van der Waals surface area contributed by atoms with Gasteiger partial charge in [0.2, 0.25) is 11.8 Å². The van der Waals surface area contributed by atoms with Crippen molar-refractivity contribution in [3.63, 3.8) is 0 Å². The number of fused-ring (bicyclic) bond motifs is 2. The van der Waals surface area contributed by atoms with Crippen LogP contribution >= 0.6 is 0 Å². The number of carbonyl (C=O) groups is 2. The average Bonchev–Trinajstić information content (AvgIpc) is 2.76. The van der Waals surface area contributed by atoms with Crippen LogP contribution in [-0.2, 0) is 9.59 Å². The molecule has 4 aromatic carbocycles. The van der Waals surface area contributed by atoms with Gasteiger partial charge in [0.05, 0.1) is 0 Å². The van der Waals surface area contributed by atoms with Crippen molar-refractivity contribution in [2.45, 2.75) is 25.7 Å². The van der Waals surface area contributed by atoms with E-state index in [0.717, 1.165) is 32.9 Å². The molecular formula is C26H24N2O2. The van der Waals surface area contributed by atoms with Crippen molar-refractivity contribution < 1.29 is 9.59 Å². The number of nitrogens with one attached hydrogen (secondary N) is 2.